The molecular formula is C26H49N7O8. The van der Waals surface area contributed by atoms with Crippen molar-refractivity contribution in [1.82, 2.24) is 26.6 Å². The number of carboxylic acid groups (broad SMARTS) is 1. The van der Waals surface area contributed by atoms with Gasteiger partial charge in [0.25, 0.3) is 0 Å². The second kappa shape index (κ2) is 18.9. The van der Waals surface area contributed by atoms with E-state index in [1.165, 1.54) is 13.8 Å². The molecule has 0 aliphatic rings. The van der Waals surface area contributed by atoms with Gasteiger partial charge in [-0.05, 0) is 51.5 Å². The van der Waals surface area contributed by atoms with Crippen LogP contribution in [-0.2, 0) is 28.8 Å². The van der Waals surface area contributed by atoms with Crippen molar-refractivity contribution in [1.29, 1.82) is 0 Å². The summed E-state index contributed by atoms with van der Waals surface area (Å²) in [6, 6.07) is -5.74. The molecule has 0 saturated heterocycles. The van der Waals surface area contributed by atoms with E-state index in [1.807, 2.05) is 13.8 Å². The lowest BCUT2D eigenvalue weighted by atomic mass is 10.0. The maximum atomic E-state index is 13.0. The van der Waals surface area contributed by atoms with Gasteiger partial charge >= 0.3 is 5.97 Å². The molecule has 0 aliphatic carbocycles. The maximum Gasteiger partial charge on any atom is 0.326 e. The van der Waals surface area contributed by atoms with Gasteiger partial charge in [0.15, 0.2) is 0 Å². The van der Waals surface area contributed by atoms with Gasteiger partial charge in [0.05, 0.1) is 18.7 Å². The summed E-state index contributed by atoms with van der Waals surface area (Å²) in [5, 5.41) is 31.4. The molecule has 15 nitrogen and oxygen atoms in total. The number of aliphatic carboxylic acids is 1. The monoisotopic (exact) mass is 587 g/mol. The van der Waals surface area contributed by atoms with Gasteiger partial charge in [-0.1, -0.05) is 34.1 Å². The van der Waals surface area contributed by atoms with Crippen LogP contribution in [0.3, 0.4) is 0 Å². The Morgan fingerprint density at radius 1 is 0.756 bits per heavy atom. The van der Waals surface area contributed by atoms with Crippen LogP contribution in [0.15, 0.2) is 0 Å². The molecule has 5 amide bonds. The van der Waals surface area contributed by atoms with Crippen molar-refractivity contribution >= 4 is 35.5 Å². The summed E-state index contributed by atoms with van der Waals surface area (Å²) < 4.78 is 0. The van der Waals surface area contributed by atoms with Crippen molar-refractivity contribution < 1.29 is 39.0 Å². The molecule has 236 valence electrons. The van der Waals surface area contributed by atoms with Crippen LogP contribution in [0.1, 0.15) is 67.2 Å². The van der Waals surface area contributed by atoms with E-state index < -0.39 is 84.3 Å². The zero-order valence-corrected chi connectivity index (χ0v) is 24.9. The van der Waals surface area contributed by atoms with Gasteiger partial charge in [0, 0.05) is 0 Å². The standard InChI is InChI=1S/C26H49N7O8/c1-13(2)11-18(31-19(35)12-29-23(37)17(28)9-7-8-10-27)24(38)30-15(5)22(36)33-21(16(6)34)25(39)32-20(14(3)4)26(40)41/h13-18,20-21,34H,7-12,27-28H2,1-6H3,(H,29,37)(H,30,38)(H,31,35)(H,32,39)(H,33,36)(H,40,41)/t15-,16+,17-,18-,20-,21-/m0/s1. The van der Waals surface area contributed by atoms with Crippen LogP contribution in [-0.4, -0.2) is 95.1 Å². The zero-order valence-electron chi connectivity index (χ0n) is 24.9. The Hall–Kier alpha value is -3.30. The summed E-state index contributed by atoms with van der Waals surface area (Å²) in [5.74, 6) is -5.29. The molecule has 0 aromatic rings. The van der Waals surface area contributed by atoms with Crippen molar-refractivity contribution in [2.45, 2.75) is 104 Å². The third kappa shape index (κ3) is 14.8. The number of carbonyl (C=O) groups is 6. The first kappa shape index (κ1) is 37.7. The number of carbonyl (C=O) groups excluding carboxylic acids is 5. The Kier molecular flexibility index (Phi) is 17.4. The molecule has 0 aliphatic heterocycles. The predicted octanol–water partition coefficient (Wildman–Crippen LogP) is -2.31. The number of unbranched alkanes of at least 4 members (excludes halogenated alkanes) is 1. The lowest BCUT2D eigenvalue weighted by Gasteiger charge is -2.27. The number of amides is 5. The number of hydrogen-bond donors (Lipinski definition) is 9. The minimum atomic E-state index is -1.49. The average Bonchev–Trinajstić information content (AvgIpc) is 2.87. The van der Waals surface area contributed by atoms with Gasteiger partial charge in [-0.2, -0.15) is 0 Å². The van der Waals surface area contributed by atoms with Gasteiger partial charge in [-0.15, -0.1) is 0 Å². The maximum absolute atomic E-state index is 13.0. The normalized spacial score (nSPS) is 15.6. The third-order valence-corrected chi connectivity index (χ3v) is 6.13. The lowest BCUT2D eigenvalue weighted by molar-refractivity contribution is -0.144. The highest BCUT2D eigenvalue weighted by molar-refractivity contribution is 5.95. The predicted molar refractivity (Wildman–Crippen MR) is 151 cm³/mol. The quantitative estimate of drug-likeness (QED) is 0.0729. The summed E-state index contributed by atoms with van der Waals surface area (Å²) in [6.07, 6.45) is 0.658. The van der Waals surface area contributed by atoms with Crippen molar-refractivity contribution in [3.8, 4) is 0 Å². The molecule has 0 radical (unpaired) electrons. The van der Waals surface area contributed by atoms with Gasteiger partial charge in [-0.3, -0.25) is 24.0 Å². The molecule has 0 saturated carbocycles. The highest BCUT2D eigenvalue weighted by atomic mass is 16.4. The first-order valence-corrected chi connectivity index (χ1v) is 13.9. The molecule has 0 fully saturated rings. The molecule has 41 heavy (non-hydrogen) atoms. The SMILES string of the molecule is CC(C)C[C@H](NC(=O)CNC(=O)[C@@H](N)CCCCN)C(=O)N[C@@H](C)C(=O)N[C@H](C(=O)N[C@H](C(=O)O)C(C)C)[C@@H](C)O. The molecule has 0 bridgehead atoms. The Morgan fingerprint density at radius 3 is 1.83 bits per heavy atom. The largest absolute Gasteiger partial charge is 0.480 e. The van der Waals surface area contributed by atoms with Crippen molar-refractivity contribution in [2.24, 2.45) is 23.3 Å². The third-order valence-electron chi connectivity index (χ3n) is 6.13. The summed E-state index contributed by atoms with van der Waals surface area (Å²) in [5.41, 5.74) is 11.2. The van der Waals surface area contributed by atoms with Gasteiger partial charge in [0.2, 0.25) is 29.5 Å². The summed E-state index contributed by atoms with van der Waals surface area (Å²) in [6.45, 7) is 9.52. The molecule has 0 unspecified atom stereocenters. The fourth-order valence-corrected chi connectivity index (χ4v) is 3.71. The molecule has 0 aromatic carbocycles. The lowest BCUT2D eigenvalue weighted by Crippen LogP contribution is -2.60. The fraction of sp³-hybridized carbons (Fsp3) is 0.769. The molecule has 0 spiro atoms. The topological polar surface area (TPSA) is 255 Å². The second-order valence-electron chi connectivity index (χ2n) is 10.9. The van der Waals surface area contributed by atoms with Crippen molar-refractivity contribution in [2.75, 3.05) is 13.1 Å². The van der Waals surface area contributed by atoms with E-state index in [-0.39, 0.29) is 12.3 Å². The average molecular weight is 588 g/mol. The number of nitrogens with one attached hydrogen (secondary N) is 5. The van der Waals surface area contributed by atoms with Gasteiger partial charge < -0.3 is 48.3 Å². The molecule has 0 aromatic heterocycles. The smallest absolute Gasteiger partial charge is 0.326 e. The highest BCUT2D eigenvalue weighted by Crippen LogP contribution is 2.07. The first-order valence-electron chi connectivity index (χ1n) is 13.9. The fourth-order valence-electron chi connectivity index (χ4n) is 3.71. The van der Waals surface area contributed by atoms with E-state index in [0.717, 1.165) is 6.42 Å². The number of aliphatic hydroxyl groups is 1. The number of rotatable bonds is 19. The van der Waals surface area contributed by atoms with Crippen LogP contribution in [0.25, 0.3) is 0 Å². The molecule has 0 heterocycles. The van der Waals surface area contributed by atoms with Crippen LogP contribution in [0, 0.1) is 11.8 Å². The van der Waals surface area contributed by atoms with E-state index >= 15 is 0 Å². The number of nitrogens with two attached hydrogens (primary N) is 2. The first-order chi connectivity index (χ1) is 19.0. The molecular weight excluding hydrogens is 538 g/mol. The Bertz CT molecular complexity index is 897. The summed E-state index contributed by atoms with van der Waals surface area (Å²) in [7, 11) is 0. The van der Waals surface area contributed by atoms with E-state index in [9.17, 15) is 39.0 Å². The summed E-state index contributed by atoms with van der Waals surface area (Å²) in [4.78, 5) is 74.4. The van der Waals surface area contributed by atoms with E-state index in [1.54, 1.807) is 13.8 Å². The second-order valence-corrected chi connectivity index (χ2v) is 10.9. The molecule has 6 atom stereocenters. The minimum absolute atomic E-state index is 0.0211. The van der Waals surface area contributed by atoms with Crippen LogP contribution < -0.4 is 38.1 Å². The van der Waals surface area contributed by atoms with E-state index in [2.05, 4.69) is 26.6 Å². The number of hydrogen-bond acceptors (Lipinski definition) is 9. The van der Waals surface area contributed by atoms with Gasteiger partial charge in [-0.25, -0.2) is 4.79 Å². The van der Waals surface area contributed by atoms with Crippen molar-refractivity contribution in [3.05, 3.63) is 0 Å². The van der Waals surface area contributed by atoms with E-state index in [0.29, 0.717) is 19.4 Å². The molecule has 0 rings (SSSR count). The summed E-state index contributed by atoms with van der Waals surface area (Å²) >= 11 is 0. The zero-order chi connectivity index (χ0) is 31.9. The Labute approximate surface area is 241 Å². The Balaban J connectivity index is 5.20. The van der Waals surface area contributed by atoms with Crippen LogP contribution in [0.4, 0.5) is 0 Å². The van der Waals surface area contributed by atoms with Crippen molar-refractivity contribution in [3.63, 3.8) is 0 Å². The number of aliphatic hydroxyl groups excluding tert-OH is 1. The highest BCUT2D eigenvalue weighted by Gasteiger charge is 2.33. The van der Waals surface area contributed by atoms with Crippen LogP contribution in [0.2, 0.25) is 0 Å². The minimum Gasteiger partial charge on any atom is -0.480 e. The van der Waals surface area contributed by atoms with Crippen LogP contribution >= 0.6 is 0 Å². The van der Waals surface area contributed by atoms with Crippen LogP contribution in [0.5, 0.6) is 0 Å². The van der Waals surface area contributed by atoms with E-state index in [4.69, 9.17) is 11.5 Å². The van der Waals surface area contributed by atoms with Gasteiger partial charge in [0.1, 0.15) is 24.2 Å². The number of carboxylic acids is 1. The molecule has 15 heteroatoms. The molecule has 11 N–H and O–H groups in total. The Morgan fingerprint density at radius 2 is 1.34 bits per heavy atom.